The van der Waals surface area contributed by atoms with E-state index in [2.05, 4.69) is 31.2 Å². The van der Waals surface area contributed by atoms with Crippen molar-refractivity contribution in [2.45, 2.75) is 20.0 Å². The molecular formula is C14H16BrN3O. The number of anilines is 1. The molecule has 0 bridgehead atoms. The Kier molecular flexibility index (Phi) is 4.37. The molecule has 1 heterocycles. The van der Waals surface area contributed by atoms with Crippen molar-refractivity contribution in [1.29, 1.82) is 0 Å². The third-order valence-electron chi connectivity index (χ3n) is 2.44. The zero-order valence-corrected chi connectivity index (χ0v) is 12.7. The lowest BCUT2D eigenvalue weighted by atomic mass is 10.2. The molecule has 0 radical (unpaired) electrons. The van der Waals surface area contributed by atoms with Crippen molar-refractivity contribution in [2.24, 2.45) is 0 Å². The molecule has 0 spiro atoms. The average Bonchev–Trinajstić information content (AvgIpc) is 2.39. The first-order valence-corrected chi connectivity index (χ1v) is 6.87. The van der Waals surface area contributed by atoms with Crippen LogP contribution in [0.1, 0.15) is 13.8 Å². The molecule has 5 heteroatoms. The molecule has 0 saturated carbocycles. The predicted octanol–water partition coefficient (Wildman–Crippen LogP) is 3.74. The summed E-state index contributed by atoms with van der Waals surface area (Å²) in [7, 11) is 1.83. The molecule has 4 nitrogen and oxygen atoms in total. The second-order valence-corrected chi connectivity index (χ2v) is 5.19. The highest BCUT2D eigenvalue weighted by Crippen LogP contribution is 2.25. The van der Waals surface area contributed by atoms with Gasteiger partial charge in [0.25, 0.3) is 0 Å². The van der Waals surface area contributed by atoms with Crippen LogP contribution >= 0.6 is 15.9 Å². The van der Waals surface area contributed by atoms with Gasteiger partial charge in [0.15, 0.2) is 5.82 Å². The first-order chi connectivity index (χ1) is 9.10. The van der Waals surface area contributed by atoms with Gasteiger partial charge in [0.1, 0.15) is 11.6 Å². The summed E-state index contributed by atoms with van der Waals surface area (Å²) in [5.74, 6) is 2.26. The van der Waals surface area contributed by atoms with Gasteiger partial charge < -0.3 is 10.1 Å². The largest absolute Gasteiger partial charge is 0.491 e. The van der Waals surface area contributed by atoms with Gasteiger partial charge in [-0.25, -0.2) is 9.97 Å². The van der Waals surface area contributed by atoms with Crippen LogP contribution in [0.5, 0.6) is 5.75 Å². The van der Waals surface area contributed by atoms with Gasteiger partial charge in [-0.1, -0.05) is 12.1 Å². The summed E-state index contributed by atoms with van der Waals surface area (Å²) in [4.78, 5) is 8.78. The minimum absolute atomic E-state index is 0.147. The number of halogens is 1. The summed E-state index contributed by atoms with van der Waals surface area (Å²) >= 11 is 3.40. The van der Waals surface area contributed by atoms with Gasteiger partial charge in [-0.05, 0) is 41.9 Å². The van der Waals surface area contributed by atoms with Crippen LogP contribution in [-0.2, 0) is 0 Å². The highest BCUT2D eigenvalue weighted by atomic mass is 79.9. The fourth-order valence-corrected chi connectivity index (χ4v) is 2.05. The summed E-state index contributed by atoms with van der Waals surface area (Å²) in [6.45, 7) is 4.00. The van der Waals surface area contributed by atoms with E-state index >= 15 is 0 Å². The quantitative estimate of drug-likeness (QED) is 0.932. The second-order valence-electron chi connectivity index (χ2n) is 4.33. The van der Waals surface area contributed by atoms with Gasteiger partial charge in [-0.15, -0.1) is 0 Å². The molecule has 0 atom stereocenters. The van der Waals surface area contributed by atoms with Crippen molar-refractivity contribution in [3.05, 3.63) is 34.9 Å². The van der Waals surface area contributed by atoms with Crippen LogP contribution in [0.15, 0.2) is 34.9 Å². The Hall–Kier alpha value is -1.62. The topological polar surface area (TPSA) is 47.0 Å². The van der Waals surface area contributed by atoms with Crippen LogP contribution in [0.25, 0.3) is 11.4 Å². The number of hydrogen-bond acceptors (Lipinski definition) is 4. The minimum Gasteiger partial charge on any atom is -0.491 e. The highest BCUT2D eigenvalue weighted by Gasteiger charge is 2.07. The number of nitrogens with one attached hydrogen (secondary N) is 1. The van der Waals surface area contributed by atoms with Crippen molar-refractivity contribution in [3.8, 4) is 17.1 Å². The van der Waals surface area contributed by atoms with E-state index in [0.29, 0.717) is 5.82 Å². The monoisotopic (exact) mass is 321 g/mol. The maximum atomic E-state index is 5.68. The van der Waals surface area contributed by atoms with E-state index in [1.807, 2.05) is 45.2 Å². The summed E-state index contributed by atoms with van der Waals surface area (Å²) in [5, 5.41) is 3.02. The van der Waals surface area contributed by atoms with Gasteiger partial charge in [0, 0.05) is 18.8 Å². The van der Waals surface area contributed by atoms with Crippen LogP contribution in [0.4, 0.5) is 5.82 Å². The van der Waals surface area contributed by atoms with Crippen molar-refractivity contribution in [3.63, 3.8) is 0 Å². The van der Waals surface area contributed by atoms with Crippen LogP contribution in [-0.4, -0.2) is 23.1 Å². The number of benzene rings is 1. The zero-order valence-electron chi connectivity index (χ0n) is 11.1. The number of hydrogen-bond donors (Lipinski definition) is 1. The van der Waals surface area contributed by atoms with E-state index in [1.54, 1.807) is 6.20 Å². The van der Waals surface area contributed by atoms with E-state index in [4.69, 9.17) is 4.74 Å². The summed E-state index contributed by atoms with van der Waals surface area (Å²) in [5.41, 5.74) is 0.933. The molecule has 0 saturated heterocycles. The minimum atomic E-state index is 0.147. The summed E-state index contributed by atoms with van der Waals surface area (Å²) < 4.78 is 6.52. The fraction of sp³-hybridized carbons (Fsp3) is 0.286. The first-order valence-electron chi connectivity index (χ1n) is 6.07. The molecule has 19 heavy (non-hydrogen) atoms. The average molecular weight is 322 g/mol. The summed E-state index contributed by atoms with van der Waals surface area (Å²) in [6, 6.07) is 7.79. The Labute approximate surface area is 121 Å². The summed E-state index contributed by atoms with van der Waals surface area (Å²) in [6.07, 6.45) is 1.89. The Morgan fingerprint density at radius 2 is 2.11 bits per heavy atom. The standard InChI is InChI=1S/C14H16BrN3O/c1-9(2)19-11-6-4-5-10(7-11)13-17-8-12(15)14(16-3)18-13/h4-9H,1-3H3,(H,16,17,18). The Morgan fingerprint density at radius 3 is 2.79 bits per heavy atom. The van der Waals surface area contributed by atoms with Crippen molar-refractivity contribution >= 4 is 21.7 Å². The number of aromatic nitrogens is 2. The Morgan fingerprint density at radius 1 is 1.32 bits per heavy atom. The third kappa shape index (κ3) is 3.44. The SMILES string of the molecule is CNc1nc(-c2cccc(OC(C)C)c2)ncc1Br. The van der Waals surface area contributed by atoms with Crippen LogP contribution in [0.2, 0.25) is 0 Å². The van der Waals surface area contributed by atoms with Gasteiger partial charge in [0.2, 0.25) is 0 Å². The van der Waals surface area contributed by atoms with E-state index in [0.717, 1.165) is 21.6 Å². The molecule has 1 aromatic heterocycles. The molecule has 0 unspecified atom stereocenters. The molecule has 0 aliphatic carbocycles. The Bertz CT molecular complexity index is 572. The molecule has 0 amide bonds. The van der Waals surface area contributed by atoms with E-state index in [1.165, 1.54) is 0 Å². The highest BCUT2D eigenvalue weighted by molar-refractivity contribution is 9.10. The lowest BCUT2D eigenvalue weighted by Crippen LogP contribution is -2.05. The lowest BCUT2D eigenvalue weighted by molar-refractivity contribution is 0.242. The fourth-order valence-electron chi connectivity index (χ4n) is 1.66. The second kappa shape index (κ2) is 6.02. The smallest absolute Gasteiger partial charge is 0.161 e. The van der Waals surface area contributed by atoms with Crippen molar-refractivity contribution in [2.75, 3.05) is 12.4 Å². The maximum absolute atomic E-state index is 5.68. The molecule has 0 aliphatic rings. The van der Waals surface area contributed by atoms with E-state index in [9.17, 15) is 0 Å². The normalized spacial score (nSPS) is 10.6. The number of ether oxygens (including phenoxy) is 1. The number of nitrogens with zero attached hydrogens (tertiary/aromatic N) is 2. The van der Waals surface area contributed by atoms with Gasteiger partial charge in [0.05, 0.1) is 10.6 Å². The maximum Gasteiger partial charge on any atom is 0.161 e. The Balaban J connectivity index is 2.36. The van der Waals surface area contributed by atoms with E-state index < -0.39 is 0 Å². The molecule has 2 aromatic rings. The lowest BCUT2D eigenvalue weighted by Gasteiger charge is -2.11. The van der Waals surface area contributed by atoms with Gasteiger partial charge >= 0.3 is 0 Å². The number of rotatable bonds is 4. The molecule has 1 aromatic carbocycles. The van der Waals surface area contributed by atoms with Crippen molar-refractivity contribution in [1.82, 2.24) is 9.97 Å². The van der Waals surface area contributed by atoms with Crippen molar-refractivity contribution < 1.29 is 4.74 Å². The van der Waals surface area contributed by atoms with Crippen LogP contribution in [0.3, 0.4) is 0 Å². The molecule has 1 N–H and O–H groups in total. The molecule has 100 valence electrons. The van der Waals surface area contributed by atoms with E-state index in [-0.39, 0.29) is 6.10 Å². The predicted molar refractivity (Wildman–Crippen MR) is 80.5 cm³/mol. The third-order valence-corrected chi connectivity index (χ3v) is 3.03. The van der Waals surface area contributed by atoms with Gasteiger partial charge in [-0.3, -0.25) is 0 Å². The van der Waals surface area contributed by atoms with Crippen LogP contribution in [0, 0.1) is 0 Å². The van der Waals surface area contributed by atoms with Gasteiger partial charge in [-0.2, -0.15) is 0 Å². The molecule has 0 aliphatic heterocycles. The molecule has 2 rings (SSSR count). The first kappa shape index (κ1) is 13.8. The zero-order chi connectivity index (χ0) is 13.8. The molecular weight excluding hydrogens is 306 g/mol. The molecule has 0 fully saturated rings. The van der Waals surface area contributed by atoms with Crippen LogP contribution < -0.4 is 10.1 Å².